The average Bonchev–Trinajstić information content (AvgIpc) is 2.88. The lowest BCUT2D eigenvalue weighted by atomic mass is 9.80. The zero-order valence-corrected chi connectivity index (χ0v) is 20.4. The molecule has 1 saturated carbocycles. The lowest BCUT2D eigenvalue weighted by Gasteiger charge is -2.33. The summed E-state index contributed by atoms with van der Waals surface area (Å²) in [7, 11) is 1.54. The smallest absolute Gasteiger partial charge is 0.235 e. The van der Waals surface area contributed by atoms with E-state index in [-0.39, 0.29) is 17.8 Å². The standard InChI is InChI=1S/C25H29FN6O2S/c1-34-23-9-7-20-24(32-23)17(18(26)12-29-20)10-19(27)14-2-4-15(5-3-14)28-11-16-6-8-21-25(30-16)31-22(33)13-35-21/h6-9,12,14-15,19,28H,2-5,10-11,13,27H2,1H3,(H,30,31,33)/t14?,15?,19-/m1/s1. The SMILES string of the molecule is COc1ccc2ncc(F)c(C[C@@H](N)C3CCC(NCc4ccc5c(n4)NC(=O)CS5)CC3)c2n1. The Morgan fingerprint density at radius 1 is 1.23 bits per heavy atom. The Balaban J connectivity index is 1.16. The van der Waals surface area contributed by atoms with E-state index in [4.69, 9.17) is 10.5 Å². The lowest BCUT2D eigenvalue weighted by molar-refractivity contribution is -0.113. The van der Waals surface area contributed by atoms with Gasteiger partial charge in [-0.15, -0.1) is 11.8 Å². The number of thioether (sulfide) groups is 1. The average molecular weight is 497 g/mol. The van der Waals surface area contributed by atoms with Crippen LogP contribution in [-0.2, 0) is 17.8 Å². The third-order valence-electron chi connectivity index (χ3n) is 6.87. The normalized spacial score (nSPS) is 20.8. The minimum Gasteiger partial charge on any atom is -0.481 e. The summed E-state index contributed by atoms with van der Waals surface area (Å²) < 4.78 is 19.9. The van der Waals surface area contributed by atoms with Crippen molar-refractivity contribution in [3.63, 3.8) is 0 Å². The van der Waals surface area contributed by atoms with Gasteiger partial charge in [0.15, 0.2) is 0 Å². The number of pyridine rings is 3. The molecule has 1 fully saturated rings. The summed E-state index contributed by atoms with van der Waals surface area (Å²) in [6.07, 6.45) is 5.62. The van der Waals surface area contributed by atoms with Gasteiger partial charge >= 0.3 is 0 Å². The Bertz CT molecular complexity index is 1230. The van der Waals surface area contributed by atoms with Crippen molar-refractivity contribution in [2.24, 2.45) is 11.7 Å². The van der Waals surface area contributed by atoms with E-state index >= 15 is 0 Å². The van der Waals surface area contributed by atoms with Crippen LogP contribution in [0.5, 0.6) is 5.88 Å². The summed E-state index contributed by atoms with van der Waals surface area (Å²) in [6.45, 7) is 0.650. The fourth-order valence-electron chi connectivity index (χ4n) is 4.89. The second-order valence-electron chi connectivity index (χ2n) is 9.15. The van der Waals surface area contributed by atoms with Crippen molar-refractivity contribution in [2.45, 2.75) is 55.6 Å². The molecule has 35 heavy (non-hydrogen) atoms. The van der Waals surface area contributed by atoms with Crippen molar-refractivity contribution in [3.8, 4) is 5.88 Å². The van der Waals surface area contributed by atoms with Crippen LogP contribution in [0.2, 0.25) is 0 Å². The Kier molecular flexibility index (Phi) is 7.12. The number of halogens is 1. The first-order valence-electron chi connectivity index (χ1n) is 11.9. The van der Waals surface area contributed by atoms with Crippen molar-refractivity contribution >= 4 is 34.5 Å². The molecular weight excluding hydrogens is 467 g/mol. The molecule has 1 aliphatic carbocycles. The second-order valence-corrected chi connectivity index (χ2v) is 10.2. The molecule has 0 aromatic carbocycles. The van der Waals surface area contributed by atoms with Gasteiger partial charge in [0.1, 0.15) is 11.6 Å². The first kappa shape index (κ1) is 23.9. The molecule has 8 nitrogen and oxygen atoms in total. The molecule has 10 heteroatoms. The summed E-state index contributed by atoms with van der Waals surface area (Å²) in [5.41, 5.74) is 9.15. The predicted octanol–water partition coefficient (Wildman–Crippen LogP) is 3.44. The third kappa shape index (κ3) is 5.39. The molecule has 2 aliphatic rings. The number of hydrogen-bond acceptors (Lipinski definition) is 8. The van der Waals surface area contributed by atoms with E-state index in [1.54, 1.807) is 12.1 Å². The highest BCUT2D eigenvalue weighted by atomic mass is 32.2. The topological polar surface area (TPSA) is 115 Å². The molecule has 184 valence electrons. The fourth-order valence-corrected chi connectivity index (χ4v) is 5.65. The molecule has 0 spiro atoms. The van der Waals surface area contributed by atoms with Crippen molar-refractivity contribution in [1.82, 2.24) is 20.3 Å². The van der Waals surface area contributed by atoms with Gasteiger partial charge in [-0.2, -0.15) is 0 Å². The third-order valence-corrected chi connectivity index (χ3v) is 7.92. The van der Waals surface area contributed by atoms with E-state index in [0.717, 1.165) is 36.3 Å². The fraction of sp³-hybridized carbons (Fsp3) is 0.440. The molecule has 0 unspecified atom stereocenters. The number of hydrogen-bond donors (Lipinski definition) is 3. The second kappa shape index (κ2) is 10.4. The molecule has 0 bridgehead atoms. The van der Waals surface area contributed by atoms with Gasteiger partial charge in [-0.05, 0) is 56.2 Å². The summed E-state index contributed by atoms with van der Waals surface area (Å²) in [5, 5.41) is 6.44. The molecule has 1 amide bonds. The maximum Gasteiger partial charge on any atom is 0.235 e. The van der Waals surface area contributed by atoms with Gasteiger partial charge in [0.2, 0.25) is 11.8 Å². The number of ether oxygens (including phenoxy) is 1. The summed E-state index contributed by atoms with van der Waals surface area (Å²) in [6, 6.07) is 7.76. The van der Waals surface area contributed by atoms with Gasteiger partial charge in [-0.25, -0.2) is 14.4 Å². The van der Waals surface area contributed by atoms with E-state index < -0.39 is 0 Å². The number of anilines is 1. The van der Waals surface area contributed by atoms with Crippen molar-refractivity contribution in [3.05, 3.63) is 47.5 Å². The molecule has 4 heterocycles. The number of fused-ring (bicyclic) bond motifs is 2. The van der Waals surface area contributed by atoms with Gasteiger partial charge in [0.25, 0.3) is 0 Å². The summed E-state index contributed by atoms with van der Waals surface area (Å²) >= 11 is 1.51. The van der Waals surface area contributed by atoms with E-state index in [2.05, 4.69) is 25.6 Å². The minimum atomic E-state index is -0.379. The summed E-state index contributed by atoms with van der Waals surface area (Å²) in [5.74, 6) is 1.45. The number of carbonyl (C=O) groups is 1. The number of aromatic nitrogens is 3. The van der Waals surface area contributed by atoms with Crippen molar-refractivity contribution in [2.75, 3.05) is 18.2 Å². The highest BCUT2D eigenvalue weighted by molar-refractivity contribution is 8.00. The molecule has 0 radical (unpaired) electrons. The van der Waals surface area contributed by atoms with E-state index in [1.165, 1.54) is 25.1 Å². The van der Waals surface area contributed by atoms with Crippen LogP contribution in [0.15, 0.2) is 35.4 Å². The maximum absolute atomic E-state index is 14.7. The zero-order valence-electron chi connectivity index (χ0n) is 19.6. The summed E-state index contributed by atoms with van der Waals surface area (Å²) in [4.78, 5) is 25.8. The Morgan fingerprint density at radius 2 is 2.06 bits per heavy atom. The lowest BCUT2D eigenvalue weighted by Crippen LogP contribution is -2.40. The number of rotatable bonds is 7. The first-order valence-corrected chi connectivity index (χ1v) is 12.9. The number of nitrogens with zero attached hydrogens (tertiary/aromatic N) is 3. The molecule has 1 atom stereocenters. The van der Waals surface area contributed by atoms with Gasteiger partial charge in [0.05, 0.1) is 40.7 Å². The number of amides is 1. The van der Waals surface area contributed by atoms with Crippen LogP contribution in [0, 0.1) is 11.7 Å². The first-order chi connectivity index (χ1) is 17.0. The minimum absolute atomic E-state index is 0.00988. The van der Waals surface area contributed by atoms with Gasteiger partial charge < -0.3 is 21.1 Å². The predicted molar refractivity (Wildman–Crippen MR) is 134 cm³/mol. The molecule has 4 N–H and O–H groups in total. The van der Waals surface area contributed by atoms with Crippen LogP contribution in [0.3, 0.4) is 0 Å². The highest BCUT2D eigenvalue weighted by Crippen LogP contribution is 2.31. The van der Waals surface area contributed by atoms with Crippen LogP contribution in [-0.4, -0.2) is 45.8 Å². The molecule has 3 aromatic heterocycles. The van der Waals surface area contributed by atoms with Crippen LogP contribution >= 0.6 is 11.8 Å². The number of nitrogens with two attached hydrogens (primary N) is 1. The van der Waals surface area contributed by atoms with Crippen molar-refractivity contribution < 1.29 is 13.9 Å². The van der Waals surface area contributed by atoms with Crippen LogP contribution in [0.4, 0.5) is 10.2 Å². The van der Waals surface area contributed by atoms with Gasteiger partial charge in [-0.1, -0.05) is 0 Å². The maximum atomic E-state index is 14.7. The van der Waals surface area contributed by atoms with Crippen LogP contribution in [0.1, 0.15) is 36.9 Å². The highest BCUT2D eigenvalue weighted by Gasteiger charge is 2.27. The molecule has 0 saturated heterocycles. The molecule has 3 aromatic rings. The van der Waals surface area contributed by atoms with E-state index in [0.29, 0.717) is 59.0 Å². The Labute approximate surface area is 207 Å². The molecule has 1 aliphatic heterocycles. The Morgan fingerprint density at radius 3 is 2.86 bits per heavy atom. The number of methoxy groups -OCH3 is 1. The van der Waals surface area contributed by atoms with Gasteiger partial charge in [-0.3, -0.25) is 9.78 Å². The number of carbonyl (C=O) groups excluding carboxylic acids is 1. The number of nitrogens with one attached hydrogen (secondary N) is 2. The Hall–Kier alpha value is -2.82. The largest absolute Gasteiger partial charge is 0.481 e. The molecular formula is C25H29FN6O2S. The van der Waals surface area contributed by atoms with Gasteiger partial charge in [0, 0.05) is 30.3 Å². The quantitative estimate of drug-likeness (QED) is 0.456. The van der Waals surface area contributed by atoms with Crippen LogP contribution in [0.25, 0.3) is 11.0 Å². The zero-order chi connectivity index (χ0) is 24.4. The van der Waals surface area contributed by atoms with Crippen molar-refractivity contribution in [1.29, 1.82) is 0 Å². The van der Waals surface area contributed by atoms with Crippen LogP contribution < -0.4 is 21.1 Å². The molecule has 5 rings (SSSR count). The monoisotopic (exact) mass is 496 g/mol. The van der Waals surface area contributed by atoms with E-state index in [1.807, 2.05) is 12.1 Å². The van der Waals surface area contributed by atoms with E-state index in [9.17, 15) is 9.18 Å².